The van der Waals surface area contributed by atoms with Crippen LogP contribution in [0.1, 0.15) is 51.4 Å². The molecule has 0 aromatic heterocycles. The van der Waals surface area contributed by atoms with Gasteiger partial charge < -0.3 is 0 Å². The first-order valence-electron chi connectivity index (χ1n) is 7.18. The van der Waals surface area contributed by atoms with E-state index in [1.165, 1.54) is 56.9 Å². The van der Waals surface area contributed by atoms with Crippen molar-refractivity contribution in [2.45, 2.75) is 51.4 Å². The third-order valence-corrected chi connectivity index (χ3v) is 3.85. The SMILES string of the molecule is C1=CC=CC(C2CCCCCCCC2)=CC=C1. The van der Waals surface area contributed by atoms with Crippen molar-refractivity contribution in [2.24, 2.45) is 5.92 Å². The molecule has 0 atom stereocenters. The zero-order chi connectivity index (χ0) is 11.8. The largest absolute Gasteiger partial charge is 0.0623 e. The first kappa shape index (κ1) is 12.4. The average Bonchev–Trinajstić information content (AvgIpc) is 2.42. The third kappa shape index (κ3) is 4.38. The van der Waals surface area contributed by atoms with Crippen molar-refractivity contribution in [3.8, 4) is 0 Å². The highest BCUT2D eigenvalue weighted by atomic mass is 14.2. The van der Waals surface area contributed by atoms with Crippen LogP contribution in [-0.2, 0) is 0 Å². The quantitative estimate of drug-likeness (QED) is 0.568. The molecule has 0 nitrogen and oxygen atoms in total. The fraction of sp³-hybridized carbons (Fsp3) is 0.529. The second kappa shape index (κ2) is 7.32. The number of hydrogen-bond donors (Lipinski definition) is 0. The van der Waals surface area contributed by atoms with E-state index in [-0.39, 0.29) is 0 Å². The lowest BCUT2D eigenvalue weighted by Gasteiger charge is -2.17. The molecule has 0 saturated heterocycles. The van der Waals surface area contributed by atoms with Gasteiger partial charge in [-0.1, -0.05) is 81.1 Å². The van der Waals surface area contributed by atoms with Gasteiger partial charge in [-0.15, -0.1) is 0 Å². The number of rotatable bonds is 1. The van der Waals surface area contributed by atoms with E-state index in [4.69, 9.17) is 0 Å². The minimum atomic E-state index is 0.792. The fourth-order valence-electron chi connectivity index (χ4n) is 2.82. The van der Waals surface area contributed by atoms with Crippen LogP contribution >= 0.6 is 0 Å². The third-order valence-electron chi connectivity index (χ3n) is 3.85. The molecule has 0 N–H and O–H groups in total. The summed E-state index contributed by atoms with van der Waals surface area (Å²) in [7, 11) is 0. The Bertz CT molecular complexity index is 318. The highest BCUT2D eigenvalue weighted by molar-refractivity contribution is 5.32. The highest BCUT2D eigenvalue weighted by Gasteiger charge is 2.13. The second-order valence-electron chi connectivity index (χ2n) is 5.19. The van der Waals surface area contributed by atoms with Gasteiger partial charge in [-0.2, -0.15) is 0 Å². The van der Waals surface area contributed by atoms with Gasteiger partial charge in [0.1, 0.15) is 0 Å². The summed E-state index contributed by atoms with van der Waals surface area (Å²) in [5.41, 5.74) is 1.53. The van der Waals surface area contributed by atoms with Gasteiger partial charge in [-0.25, -0.2) is 0 Å². The van der Waals surface area contributed by atoms with E-state index < -0.39 is 0 Å². The van der Waals surface area contributed by atoms with Gasteiger partial charge in [0.2, 0.25) is 0 Å². The van der Waals surface area contributed by atoms with E-state index in [1.807, 2.05) is 0 Å². The van der Waals surface area contributed by atoms with Crippen LogP contribution in [-0.4, -0.2) is 0 Å². The molecule has 0 amide bonds. The Morgan fingerprint density at radius 2 is 1.24 bits per heavy atom. The normalized spacial score (nSPS) is 23.2. The Morgan fingerprint density at radius 1 is 0.647 bits per heavy atom. The first-order chi connectivity index (χ1) is 8.47. The monoisotopic (exact) mass is 228 g/mol. The predicted octanol–water partition coefficient (Wildman–Crippen LogP) is 5.35. The summed E-state index contributed by atoms with van der Waals surface area (Å²) in [5.74, 6) is 0.792. The molecule has 0 unspecified atom stereocenters. The predicted molar refractivity (Wildman–Crippen MR) is 75.9 cm³/mol. The maximum Gasteiger partial charge on any atom is -0.0162 e. The van der Waals surface area contributed by atoms with Crippen LogP contribution in [0.25, 0.3) is 0 Å². The molecule has 2 rings (SSSR count). The van der Waals surface area contributed by atoms with Gasteiger partial charge in [0, 0.05) is 0 Å². The van der Waals surface area contributed by atoms with Crippen molar-refractivity contribution < 1.29 is 0 Å². The first-order valence-corrected chi connectivity index (χ1v) is 7.18. The molecular weight excluding hydrogens is 204 g/mol. The zero-order valence-electron chi connectivity index (χ0n) is 10.8. The smallest absolute Gasteiger partial charge is 0.0162 e. The van der Waals surface area contributed by atoms with Gasteiger partial charge >= 0.3 is 0 Å². The fourth-order valence-corrected chi connectivity index (χ4v) is 2.82. The molecule has 0 heterocycles. The number of hydrogen-bond acceptors (Lipinski definition) is 0. The van der Waals surface area contributed by atoms with Crippen molar-refractivity contribution >= 4 is 0 Å². The zero-order valence-corrected chi connectivity index (χ0v) is 10.8. The lowest BCUT2D eigenvalue weighted by molar-refractivity contribution is 0.495. The molecule has 0 aliphatic heterocycles. The van der Waals surface area contributed by atoms with Crippen molar-refractivity contribution in [3.05, 3.63) is 48.1 Å². The van der Waals surface area contributed by atoms with Crippen molar-refractivity contribution in [3.63, 3.8) is 0 Å². The van der Waals surface area contributed by atoms with Gasteiger partial charge in [0.15, 0.2) is 0 Å². The van der Waals surface area contributed by atoms with Crippen molar-refractivity contribution in [2.75, 3.05) is 0 Å². The maximum absolute atomic E-state index is 2.31. The number of allylic oxidation sites excluding steroid dienone is 8. The molecule has 0 heteroatoms. The van der Waals surface area contributed by atoms with E-state index in [0.29, 0.717) is 0 Å². The summed E-state index contributed by atoms with van der Waals surface area (Å²) < 4.78 is 0. The molecule has 2 aliphatic rings. The minimum Gasteiger partial charge on any atom is -0.0623 e. The molecule has 0 aromatic carbocycles. The Kier molecular flexibility index (Phi) is 5.35. The summed E-state index contributed by atoms with van der Waals surface area (Å²) in [6.45, 7) is 0. The highest BCUT2D eigenvalue weighted by Crippen LogP contribution is 2.28. The molecule has 0 bridgehead atoms. The molecular formula is C17H24. The van der Waals surface area contributed by atoms with E-state index >= 15 is 0 Å². The lowest BCUT2D eigenvalue weighted by Crippen LogP contribution is -2.03. The summed E-state index contributed by atoms with van der Waals surface area (Å²) >= 11 is 0. The van der Waals surface area contributed by atoms with Crippen LogP contribution in [0.15, 0.2) is 48.1 Å². The minimum absolute atomic E-state index is 0.792. The van der Waals surface area contributed by atoms with Gasteiger partial charge in [0.25, 0.3) is 0 Å². The van der Waals surface area contributed by atoms with Crippen LogP contribution in [0, 0.1) is 5.92 Å². The van der Waals surface area contributed by atoms with Crippen LogP contribution in [0.5, 0.6) is 0 Å². The molecule has 17 heavy (non-hydrogen) atoms. The van der Waals surface area contributed by atoms with Gasteiger partial charge in [0.05, 0.1) is 0 Å². The second-order valence-corrected chi connectivity index (χ2v) is 5.19. The van der Waals surface area contributed by atoms with Gasteiger partial charge in [-0.3, -0.25) is 0 Å². The summed E-state index contributed by atoms with van der Waals surface area (Å²) in [6, 6.07) is 0. The summed E-state index contributed by atoms with van der Waals surface area (Å²) in [4.78, 5) is 0. The summed E-state index contributed by atoms with van der Waals surface area (Å²) in [6.07, 6.45) is 26.7. The van der Waals surface area contributed by atoms with E-state index in [1.54, 1.807) is 0 Å². The van der Waals surface area contributed by atoms with Crippen LogP contribution in [0.3, 0.4) is 0 Å². The molecule has 2 aliphatic carbocycles. The van der Waals surface area contributed by atoms with E-state index in [0.717, 1.165) is 5.92 Å². The standard InChI is InChI=1S/C17H24/c1-2-5-9-13-16(12-8-4-1)17-14-10-6-3-7-11-15-17/h3,6-7,10-11,14-16H,1-2,4-5,8-9,12-13H2. The van der Waals surface area contributed by atoms with Crippen molar-refractivity contribution in [1.82, 2.24) is 0 Å². The Morgan fingerprint density at radius 3 is 2.00 bits per heavy atom. The molecule has 92 valence electrons. The topological polar surface area (TPSA) is 0 Å². The molecule has 0 spiro atoms. The van der Waals surface area contributed by atoms with E-state index in [9.17, 15) is 0 Å². The van der Waals surface area contributed by atoms with Crippen LogP contribution in [0.2, 0.25) is 0 Å². The summed E-state index contributed by atoms with van der Waals surface area (Å²) in [5, 5.41) is 0. The van der Waals surface area contributed by atoms with E-state index in [2.05, 4.69) is 42.5 Å². The van der Waals surface area contributed by atoms with Crippen LogP contribution < -0.4 is 0 Å². The Balaban J connectivity index is 2.01. The molecule has 1 saturated carbocycles. The lowest BCUT2D eigenvalue weighted by atomic mass is 9.88. The Labute approximate surface area is 106 Å². The average molecular weight is 228 g/mol. The van der Waals surface area contributed by atoms with Crippen molar-refractivity contribution in [1.29, 1.82) is 0 Å². The molecule has 0 aromatic rings. The molecule has 0 radical (unpaired) electrons. The van der Waals surface area contributed by atoms with Gasteiger partial charge in [-0.05, 0) is 24.3 Å². The maximum atomic E-state index is 2.31. The molecule has 1 fully saturated rings. The van der Waals surface area contributed by atoms with Crippen LogP contribution in [0.4, 0.5) is 0 Å². The Hall–Kier alpha value is -1.04.